The Morgan fingerprint density at radius 1 is 1.10 bits per heavy atom. The van der Waals surface area contributed by atoms with Crippen LogP contribution in [-0.4, -0.2) is 0 Å². The first-order chi connectivity index (χ1) is 9.46. The molecule has 1 fully saturated rings. The lowest BCUT2D eigenvalue weighted by molar-refractivity contribution is 0.0906. The van der Waals surface area contributed by atoms with Gasteiger partial charge in [0.25, 0.3) is 0 Å². The molecule has 1 spiro atoms. The van der Waals surface area contributed by atoms with Gasteiger partial charge in [-0.05, 0) is 76.0 Å². The van der Waals surface area contributed by atoms with Crippen LogP contribution in [0.15, 0.2) is 22.8 Å². The number of allylic oxidation sites excluding steroid dienone is 4. The molecule has 0 unspecified atom stereocenters. The van der Waals surface area contributed by atoms with Crippen molar-refractivity contribution >= 4 is 0 Å². The minimum absolute atomic E-state index is 0.537. The van der Waals surface area contributed by atoms with E-state index in [0.717, 1.165) is 23.7 Å². The van der Waals surface area contributed by atoms with Crippen LogP contribution in [0.4, 0.5) is 0 Å². The maximum atomic E-state index is 2.70. The highest BCUT2D eigenvalue weighted by Gasteiger charge is 2.53. The average Bonchev–Trinajstić information content (AvgIpc) is 2.64. The lowest BCUT2D eigenvalue weighted by Gasteiger charge is -2.48. The summed E-state index contributed by atoms with van der Waals surface area (Å²) in [7, 11) is 0. The van der Waals surface area contributed by atoms with Gasteiger partial charge < -0.3 is 0 Å². The van der Waals surface area contributed by atoms with E-state index in [0.29, 0.717) is 5.41 Å². The summed E-state index contributed by atoms with van der Waals surface area (Å²) >= 11 is 0. The fraction of sp³-hybridized carbons (Fsp3) is 0.800. The number of rotatable bonds is 1. The summed E-state index contributed by atoms with van der Waals surface area (Å²) in [6, 6.07) is 0. The van der Waals surface area contributed by atoms with Crippen LogP contribution in [0.25, 0.3) is 0 Å². The van der Waals surface area contributed by atoms with Crippen molar-refractivity contribution in [3.05, 3.63) is 22.8 Å². The van der Waals surface area contributed by atoms with Gasteiger partial charge >= 0.3 is 0 Å². The van der Waals surface area contributed by atoms with Crippen LogP contribution in [0.2, 0.25) is 0 Å². The molecule has 0 radical (unpaired) electrons. The Morgan fingerprint density at radius 2 is 1.85 bits per heavy atom. The van der Waals surface area contributed by atoms with Gasteiger partial charge in [0.1, 0.15) is 0 Å². The normalized spacial score (nSPS) is 41.3. The average molecular weight is 272 g/mol. The molecule has 3 aliphatic carbocycles. The Kier molecular flexibility index (Phi) is 3.63. The zero-order valence-corrected chi connectivity index (χ0v) is 14.1. The summed E-state index contributed by atoms with van der Waals surface area (Å²) in [5.74, 6) is 3.42. The molecule has 0 aliphatic heterocycles. The molecule has 0 aromatic carbocycles. The van der Waals surface area contributed by atoms with Gasteiger partial charge in [-0.2, -0.15) is 0 Å². The van der Waals surface area contributed by atoms with Crippen LogP contribution >= 0.6 is 0 Å². The maximum absolute atomic E-state index is 2.70. The van der Waals surface area contributed by atoms with Crippen LogP contribution in [0.1, 0.15) is 73.1 Å². The summed E-state index contributed by atoms with van der Waals surface area (Å²) in [5.41, 5.74) is 5.84. The molecule has 0 saturated heterocycles. The fourth-order valence-corrected chi connectivity index (χ4v) is 5.76. The Morgan fingerprint density at radius 3 is 2.55 bits per heavy atom. The van der Waals surface area contributed by atoms with E-state index in [1.165, 1.54) is 38.5 Å². The highest BCUT2D eigenvalue weighted by atomic mass is 14.6. The van der Waals surface area contributed by atoms with Gasteiger partial charge in [0.2, 0.25) is 0 Å². The van der Waals surface area contributed by atoms with E-state index in [-0.39, 0.29) is 0 Å². The second kappa shape index (κ2) is 5.04. The standard InChI is InChI=1S/C20H32/c1-13(2)17-8-6-15(4)18-9-7-16(5)20(18)11-10-14(3)12-19(17)20/h12-13,16-17,19H,6-11H2,1-5H3/t16-,17-,19+,20+/m1/s1. The second-order valence-corrected chi connectivity index (χ2v) is 8.22. The molecule has 1 saturated carbocycles. The molecule has 112 valence electrons. The monoisotopic (exact) mass is 272 g/mol. The van der Waals surface area contributed by atoms with Gasteiger partial charge in [0, 0.05) is 5.41 Å². The highest BCUT2D eigenvalue weighted by molar-refractivity contribution is 5.34. The van der Waals surface area contributed by atoms with Crippen LogP contribution in [0.5, 0.6) is 0 Å². The van der Waals surface area contributed by atoms with Gasteiger partial charge in [-0.1, -0.05) is 43.6 Å². The van der Waals surface area contributed by atoms with Crippen molar-refractivity contribution in [1.29, 1.82) is 0 Å². The Balaban J connectivity index is 2.15. The largest absolute Gasteiger partial charge is 0.0813 e. The molecule has 3 rings (SSSR count). The molecule has 4 atom stereocenters. The molecule has 0 amide bonds. The summed E-state index contributed by atoms with van der Waals surface area (Å²) in [4.78, 5) is 0. The third kappa shape index (κ3) is 1.94. The zero-order chi connectivity index (χ0) is 14.5. The second-order valence-electron chi connectivity index (χ2n) is 8.22. The molecule has 0 aromatic rings. The van der Waals surface area contributed by atoms with Crippen molar-refractivity contribution < 1.29 is 0 Å². The molecule has 0 heterocycles. The van der Waals surface area contributed by atoms with E-state index in [9.17, 15) is 0 Å². The van der Waals surface area contributed by atoms with E-state index in [2.05, 4.69) is 40.7 Å². The topological polar surface area (TPSA) is 0 Å². The smallest absolute Gasteiger partial charge is 0.000876 e. The van der Waals surface area contributed by atoms with Crippen molar-refractivity contribution in [2.45, 2.75) is 73.1 Å². The van der Waals surface area contributed by atoms with Crippen LogP contribution in [0, 0.1) is 29.1 Å². The first-order valence-electron chi connectivity index (χ1n) is 8.83. The summed E-state index contributed by atoms with van der Waals surface area (Å²) in [6.45, 7) is 12.3. The minimum atomic E-state index is 0.537. The fourth-order valence-electron chi connectivity index (χ4n) is 5.76. The van der Waals surface area contributed by atoms with E-state index in [1.807, 2.05) is 5.57 Å². The quantitative estimate of drug-likeness (QED) is 0.503. The SMILES string of the molecule is CC1=C[C@H]2[C@@H](C(C)C)CCC(C)=C3CC[C@@H](C)[C@@]32CC1. The van der Waals surface area contributed by atoms with Gasteiger partial charge in [-0.25, -0.2) is 0 Å². The van der Waals surface area contributed by atoms with Crippen molar-refractivity contribution in [2.75, 3.05) is 0 Å². The maximum Gasteiger partial charge on any atom is 0.000876 e. The molecule has 20 heavy (non-hydrogen) atoms. The van der Waals surface area contributed by atoms with E-state index < -0.39 is 0 Å². The predicted octanol–water partition coefficient (Wildman–Crippen LogP) is 6.14. The minimum Gasteiger partial charge on any atom is -0.0813 e. The van der Waals surface area contributed by atoms with Gasteiger partial charge in [0.15, 0.2) is 0 Å². The van der Waals surface area contributed by atoms with E-state index in [1.54, 1.807) is 11.1 Å². The van der Waals surface area contributed by atoms with Crippen LogP contribution in [0.3, 0.4) is 0 Å². The first kappa shape index (κ1) is 14.4. The summed E-state index contributed by atoms with van der Waals surface area (Å²) < 4.78 is 0. The predicted molar refractivity (Wildman–Crippen MR) is 87.6 cm³/mol. The van der Waals surface area contributed by atoms with Gasteiger partial charge in [-0.15, -0.1) is 0 Å². The van der Waals surface area contributed by atoms with Gasteiger partial charge in [0.05, 0.1) is 0 Å². The van der Waals surface area contributed by atoms with Crippen molar-refractivity contribution in [2.24, 2.45) is 29.1 Å². The Bertz CT molecular complexity index is 451. The summed E-state index contributed by atoms with van der Waals surface area (Å²) in [5, 5.41) is 0. The molecular weight excluding hydrogens is 240 g/mol. The lowest BCUT2D eigenvalue weighted by Crippen LogP contribution is -2.41. The van der Waals surface area contributed by atoms with Crippen molar-refractivity contribution in [3.63, 3.8) is 0 Å². The van der Waals surface area contributed by atoms with Crippen LogP contribution < -0.4 is 0 Å². The Hall–Kier alpha value is -0.520. The third-order valence-electron chi connectivity index (χ3n) is 6.95. The molecule has 0 N–H and O–H groups in total. The number of hydrogen-bond donors (Lipinski definition) is 0. The molecular formula is C20H32. The highest BCUT2D eigenvalue weighted by Crippen LogP contribution is 2.63. The molecule has 0 nitrogen and oxygen atoms in total. The van der Waals surface area contributed by atoms with Crippen LogP contribution in [-0.2, 0) is 0 Å². The van der Waals surface area contributed by atoms with Crippen molar-refractivity contribution in [3.8, 4) is 0 Å². The number of hydrogen-bond acceptors (Lipinski definition) is 0. The Labute approximate surface area is 125 Å². The molecule has 0 aromatic heterocycles. The lowest BCUT2D eigenvalue weighted by atomic mass is 9.56. The molecule has 3 aliphatic rings. The molecule has 0 heteroatoms. The molecule has 0 bridgehead atoms. The van der Waals surface area contributed by atoms with Gasteiger partial charge in [-0.3, -0.25) is 0 Å². The van der Waals surface area contributed by atoms with E-state index in [4.69, 9.17) is 0 Å². The third-order valence-corrected chi connectivity index (χ3v) is 6.95. The zero-order valence-electron chi connectivity index (χ0n) is 14.1. The summed E-state index contributed by atoms with van der Waals surface area (Å²) in [6.07, 6.45) is 11.1. The van der Waals surface area contributed by atoms with E-state index >= 15 is 0 Å². The first-order valence-corrected chi connectivity index (χ1v) is 8.83. The van der Waals surface area contributed by atoms with Crippen molar-refractivity contribution in [1.82, 2.24) is 0 Å².